The molecule has 2 atom stereocenters. The molecule has 1 aliphatic carbocycles. The lowest BCUT2D eigenvalue weighted by Gasteiger charge is -2.23. The van der Waals surface area contributed by atoms with Gasteiger partial charge in [0, 0.05) is 12.7 Å². The number of pyridine rings is 1. The quantitative estimate of drug-likeness (QED) is 0.731. The van der Waals surface area contributed by atoms with E-state index in [-0.39, 0.29) is 0 Å². The maximum atomic E-state index is 12.7. The second-order valence-corrected chi connectivity index (χ2v) is 4.68. The summed E-state index contributed by atoms with van der Waals surface area (Å²) in [5, 5.41) is 3.43. The molecule has 0 amide bonds. The zero-order valence-corrected chi connectivity index (χ0v) is 9.12. The summed E-state index contributed by atoms with van der Waals surface area (Å²) in [5.41, 5.74) is 2.41. The molecule has 1 fully saturated rings. The molecule has 1 aromatic rings. The van der Waals surface area contributed by atoms with E-state index in [1.165, 1.54) is 18.1 Å². The molecule has 2 nitrogen and oxygen atoms in total. The normalized spacial score (nSPS) is 28.7. The third kappa shape index (κ3) is 1.76. The average Bonchev–Trinajstić information content (AvgIpc) is 2.77. The fraction of sp³-hybridized carbons (Fsp3) is 0.462. The molecule has 3 heteroatoms. The first-order valence-electron chi connectivity index (χ1n) is 5.86. The number of rotatable bonds is 1. The van der Waals surface area contributed by atoms with Gasteiger partial charge in [0.25, 0.3) is 0 Å². The van der Waals surface area contributed by atoms with Crippen molar-refractivity contribution < 1.29 is 4.39 Å². The Morgan fingerprint density at radius 1 is 1.31 bits per heavy atom. The van der Waals surface area contributed by atoms with Crippen molar-refractivity contribution in [1.29, 1.82) is 0 Å². The Labute approximate surface area is 94.6 Å². The third-order valence-electron chi connectivity index (χ3n) is 3.69. The number of allylic oxidation sites excluding steroid dienone is 1. The van der Waals surface area contributed by atoms with Crippen LogP contribution >= 0.6 is 0 Å². The maximum absolute atomic E-state index is 12.7. The standard InChI is InChI=1S/C13H15FN2/c14-13-4-3-11(8-16-13)9-1-2-10-6-15-7-12(10)5-9/h3-5,8,10,12,15H,1-2,6-7H2/t10-,12+/m0/s1. The zero-order chi connectivity index (χ0) is 11.0. The molecular weight excluding hydrogens is 203 g/mol. The number of nitrogens with one attached hydrogen (secondary N) is 1. The average molecular weight is 218 g/mol. The Morgan fingerprint density at radius 2 is 2.25 bits per heavy atom. The second-order valence-electron chi connectivity index (χ2n) is 4.68. The van der Waals surface area contributed by atoms with E-state index in [2.05, 4.69) is 16.4 Å². The van der Waals surface area contributed by atoms with Crippen LogP contribution in [0.3, 0.4) is 0 Å². The summed E-state index contributed by atoms with van der Waals surface area (Å²) >= 11 is 0. The number of hydrogen-bond donors (Lipinski definition) is 1. The second kappa shape index (κ2) is 3.98. The molecule has 0 radical (unpaired) electrons. The van der Waals surface area contributed by atoms with E-state index in [1.54, 1.807) is 6.20 Å². The van der Waals surface area contributed by atoms with Crippen LogP contribution in [-0.4, -0.2) is 18.1 Å². The van der Waals surface area contributed by atoms with Gasteiger partial charge < -0.3 is 5.32 Å². The van der Waals surface area contributed by atoms with Crippen LogP contribution in [0.4, 0.5) is 4.39 Å². The van der Waals surface area contributed by atoms with Gasteiger partial charge >= 0.3 is 0 Å². The lowest BCUT2D eigenvalue weighted by atomic mass is 9.81. The summed E-state index contributed by atoms with van der Waals surface area (Å²) in [6, 6.07) is 3.27. The van der Waals surface area contributed by atoms with Crippen LogP contribution < -0.4 is 5.32 Å². The number of aromatic nitrogens is 1. The van der Waals surface area contributed by atoms with Gasteiger partial charge in [-0.15, -0.1) is 0 Å². The van der Waals surface area contributed by atoms with Crippen LogP contribution in [0.1, 0.15) is 18.4 Å². The molecule has 0 unspecified atom stereocenters. The van der Waals surface area contributed by atoms with Crippen molar-refractivity contribution in [3.05, 3.63) is 35.9 Å². The molecule has 16 heavy (non-hydrogen) atoms. The highest BCUT2D eigenvalue weighted by Gasteiger charge is 2.29. The molecule has 0 spiro atoms. The van der Waals surface area contributed by atoms with E-state index in [9.17, 15) is 4.39 Å². The van der Waals surface area contributed by atoms with E-state index in [4.69, 9.17) is 0 Å². The Hall–Kier alpha value is -1.22. The van der Waals surface area contributed by atoms with Gasteiger partial charge in [0.05, 0.1) is 0 Å². The van der Waals surface area contributed by atoms with E-state index in [0.29, 0.717) is 5.92 Å². The van der Waals surface area contributed by atoms with Gasteiger partial charge in [0.1, 0.15) is 0 Å². The van der Waals surface area contributed by atoms with Gasteiger partial charge in [-0.25, -0.2) is 4.98 Å². The van der Waals surface area contributed by atoms with Crippen LogP contribution in [0, 0.1) is 17.8 Å². The first-order chi connectivity index (χ1) is 7.83. The van der Waals surface area contributed by atoms with E-state index >= 15 is 0 Å². The van der Waals surface area contributed by atoms with Gasteiger partial charge in [-0.05, 0) is 54.5 Å². The molecule has 1 saturated heterocycles. The first kappa shape index (κ1) is 9.97. The lowest BCUT2D eigenvalue weighted by Crippen LogP contribution is -2.15. The Morgan fingerprint density at radius 3 is 3.06 bits per heavy atom. The highest BCUT2D eigenvalue weighted by molar-refractivity contribution is 5.66. The fourth-order valence-electron chi connectivity index (χ4n) is 2.75. The fourth-order valence-corrected chi connectivity index (χ4v) is 2.75. The minimum Gasteiger partial charge on any atom is -0.316 e. The summed E-state index contributed by atoms with van der Waals surface area (Å²) in [4.78, 5) is 3.72. The van der Waals surface area contributed by atoms with Crippen LogP contribution in [-0.2, 0) is 0 Å². The molecule has 84 valence electrons. The highest BCUT2D eigenvalue weighted by Crippen LogP contribution is 2.35. The van der Waals surface area contributed by atoms with Gasteiger partial charge in [-0.1, -0.05) is 6.08 Å². The predicted molar refractivity (Wildman–Crippen MR) is 61.3 cm³/mol. The SMILES string of the molecule is Fc1ccc(C2=C[C@@H]3CNC[C@@H]3CC2)cn1. The minimum absolute atomic E-state index is 0.402. The van der Waals surface area contributed by atoms with E-state index in [1.807, 2.05) is 6.07 Å². The molecule has 2 heterocycles. The summed E-state index contributed by atoms with van der Waals surface area (Å²) in [6.45, 7) is 2.24. The van der Waals surface area contributed by atoms with Gasteiger partial charge in [0.15, 0.2) is 0 Å². The van der Waals surface area contributed by atoms with Crippen molar-refractivity contribution in [2.24, 2.45) is 11.8 Å². The number of hydrogen-bond acceptors (Lipinski definition) is 2. The van der Waals surface area contributed by atoms with Crippen molar-refractivity contribution >= 4 is 5.57 Å². The Balaban J connectivity index is 1.87. The molecule has 1 N–H and O–H groups in total. The highest BCUT2D eigenvalue weighted by atomic mass is 19.1. The summed E-state index contributed by atoms with van der Waals surface area (Å²) in [5.74, 6) is 1.06. The topological polar surface area (TPSA) is 24.9 Å². The van der Waals surface area contributed by atoms with Crippen molar-refractivity contribution in [3.63, 3.8) is 0 Å². The molecule has 3 rings (SSSR count). The van der Waals surface area contributed by atoms with Crippen LogP contribution in [0.5, 0.6) is 0 Å². The maximum Gasteiger partial charge on any atom is 0.212 e. The third-order valence-corrected chi connectivity index (χ3v) is 3.69. The Bertz CT molecular complexity index is 410. The molecule has 2 aliphatic rings. The smallest absolute Gasteiger partial charge is 0.212 e. The molecule has 1 aromatic heterocycles. The predicted octanol–water partition coefficient (Wildman–Crippen LogP) is 2.23. The zero-order valence-electron chi connectivity index (χ0n) is 9.12. The van der Waals surface area contributed by atoms with E-state index < -0.39 is 5.95 Å². The molecule has 1 aliphatic heterocycles. The van der Waals surface area contributed by atoms with Gasteiger partial charge in [-0.2, -0.15) is 4.39 Å². The van der Waals surface area contributed by atoms with Crippen molar-refractivity contribution in [2.45, 2.75) is 12.8 Å². The minimum atomic E-state index is -0.402. The number of fused-ring (bicyclic) bond motifs is 1. The number of halogens is 1. The van der Waals surface area contributed by atoms with Gasteiger partial charge in [-0.3, -0.25) is 0 Å². The van der Waals surface area contributed by atoms with Crippen molar-refractivity contribution in [1.82, 2.24) is 10.3 Å². The van der Waals surface area contributed by atoms with E-state index in [0.717, 1.165) is 31.0 Å². The van der Waals surface area contributed by atoms with Crippen molar-refractivity contribution in [3.8, 4) is 0 Å². The molecule has 0 saturated carbocycles. The lowest BCUT2D eigenvalue weighted by molar-refractivity contribution is 0.448. The molecule has 0 aromatic carbocycles. The molecule has 0 bridgehead atoms. The monoisotopic (exact) mass is 218 g/mol. The summed E-state index contributed by atoms with van der Waals surface area (Å²) in [6.07, 6.45) is 6.32. The van der Waals surface area contributed by atoms with Crippen LogP contribution in [0.15, 0.2) is 24.4 Å². The first-order valence-corrected chi connectivity index (χ1v) is 5.86. The summed E-state index contributed by atoms with van der Waals surface area (Å²) < 4.78 is 12.7. The molecular formula is C13H15FN2. The largest absolute Gasteiger partial charge is 0.316 e. The summed E-state index contributed by atoms with van der Waals surface area (Å²) in [7, 11) is 0. The number of nitrogens with zero attached hydrogens (tertiary/aromatic N) is 1. The van der Waals surface area contributed by atoms with Crippen LogP contribution in [0.25, 0.3) is 5.57 Å². The van der Waals surface area contributed by atoms with Crippen LogP contribution in [0.2, 0.25) is 0 Å². The van der Waals surface area contributed by atoms with Gasteiger partial charge in [0.2, 0.25) is 5.95 Å². The van der Waals surface area contributed by atoms with Crippen molar-refractivity contribution in [2.75, 3.05) is 13.1 Å². The Kier molecular flexibility index (Phi) is 2.48.